The first-order valence-corrected chi connectivity index (χ1v) is 10.9. The van der Waals surface area contributed by atoms with Gasteiger partial charge in [-0.1, -0.05) is 81.4 Å². The minimum Gasteiger partial charge on any atom is -0.493 e. The molecular formula is C26H31ClO2. The van der Waals surface area contributed by atoms with E-state index >= 15 is 0 Å². The van der Waals surface area contributed by atoms with Gasteiger partial charge in [0.25, 0.3) is 0 Å². The fourth-order valence-corrected chi connectivity index (χ4v) is 3.06. The predicted molar refractivity (Wildman–Crippen MR) is 124 cm³/mol. The maximum absolute atomic E-state index is 6.22. The second-order valence-corrected chi connectivity index (χ2v) is 6.72. The Morgan fingerprint density at radius 1 is 0.793 bits per heavy atom. The highest BCUT2D eigenvalue weighted by molar-refractivity contribution is 6.17. The molecule has 0 N–H and O–H groups in total. The first-order valence-electron chi connectivity index (χ1n) is 10.4. The van der Waals surface area contributed by atoms with E-state index < -0.39 is 0 Å². The summed E-state index contributed by atoms with van der Waals surface area (Å²) < 4.78 is 12.2. The van der Waals surface area contributed by atoms with E-state index in [4.69, 9.17) is 21.1 Å². The van der Waals surface area contributed by atoms with Crippen LogP contribution >= 0.6 is 11.6 Å². The van der Waals surface area contributed by atoms with Crippen LogP contribution in [0.4, 0.5) is 0 Å². The summed E-state index contributed by atoms with van der Waals surface area (Å²) >= 11 is 5.79. The van der Waals surface area contributed by atoms with Crippen LogP contribution in [0.1, 0.15) is 38.3 Å². The molecule has 0 fully saturated rings. The molecule has 0 radical (unpaired) electrons. The molecule has 3 aromatic rings. The van der Waals surface area contributed by atoms with E-state index in [1.54, 1.807) is 0 Å². The zero-order valence-electron chi connectivity index (χ0n) is 17.7. The number of hydrogen-bond donors (Lipinski definition) is 0. The van der Waals surface area contributed by atoms with Crippen molar-refractivity contribution >= 4 is 11.6 Å². The molecule has 0 saturated carbocycles. The molecule has 0 amide bonds. The molecule has 3 rings (SSSR count). The maximum Gasteiger partial charge on any atom is 0.131 e. The van der Waals surface area contributed by atoms with Crippen molar-refractivity contribution in [2.75, 3.05) is 12.5 Å². The fraction of sp³-hybridized carbons (Fsp3) is 0.308. The van der Waals surface area contributed by atoms with Crippen LogP contribution in [-0.2, 0) is 13.0 Å². The van der Waals surface area contributed by atoms with Gasteiger partial charge in [-0.25, -0.2) is 0 Å². The number of halogens is 1. The van der Waals surface area contributed by atoms with Gasteiger partial charge >= 0.3 is 0 Å². The minimum absolute atomic E-state index is 0.521. The second-order valence-electron chi connectivity index (χ2n) is 6.34. The average Bonchev–Trinajstić information content (AvgIpc) is 2.80. The van der Waals surface area contributed by atoms with Gasteiger partial charge in [-0.05, 0) is 35.6 Å². The lowest BCUT2D eigenvalue weighted by molar-refractivity contribution is 0.294. The molecule has 0 spiro atoms. The van der Waals surface area contributed by atoms with Crippen LogP contribution < -0.4 is 9.47 Å². The molecule has 2 nitrogen and oxygen atoms in total. The van der Waals surface area contributed by atoms with E-state index in [0.29, 0.717) is 19.1 Å². The van der Waals surface area contributed by atoms with Crippen LogP contribution in [0.15, 0.2) is 72.8 Å². The monoisotopic (exact) mass is 410 g/mol. The van der Waals surface area contributed by atoms with Crippen LogP contribution in [-0.4, -0.2) is 12.5 Å². The summed E-state index contributed by atoms with van der Waals surface area (Å²) in [6.07, 6.45) is 1.72. The van der Waals surface area contributed by atoms with E-state index in [1.165, 1.54) is 5.56 Å². The van der Waals surface area contributed by atoms with Crippen molar-refractivity contribution in [3.05, 3.63) is 83.9 Å². The van der Waals surface area contributed by atoms with Gasteiger partial charge in [-0.15, -0.1) is 11.6 Å². The van der Waals surface area contributed by atoms with Crippen LogP contribution in [0.2, 0.25) is 0 Å². The largest absolute Gasteiger partial charge is 0.493 e. The summed E-state index contributed by atoms with van der Waals surface area (Å²) in [6.45, 7) is 7.27. The molecule has 0 bridgehead atoms. The molecule has 0 aliphatic rings. The predicted octanol–water partition coefficient (Wildman–Crippen LogP) is 7.53. The topological polar surface area (TPSA) is 18.5 Å². The van der Waals surface area contributed by atoms with Crippen LogP contribution in [0, 0.1) is 0 Å². The van der Waals surface area contributed by atoms with Gasteiger partial charge in [0.15, 0.2) is 0 Å². The Kier molecular flexibility index (Phi) is 10.2. The third-order valence-corrected chi connectivity index (χ3v) is 4.67. The Hall–Kier alpha value is -2.45. The lowest BCUT2D eigenvalue weighted by Gasteiger charge is -2.17. The number of benzene rings is 3. The molecular weight excluding hydrogens is 380 g/mol. The van der Waals surface area contributed by atoms with Gasteiger partial charge < -0.3 is 9.47 Å². The van der Waals surface area contributed by atoms with Crippen molar-refractivity contribution < 1.29 is 9.47 Å². The van der Waals surface area contributed by atoms with Gasteiger partial charge in [0.2, 0.25) is 0 Å². The normalized spacial score (nSPS) is 10.1. The van der Waals surface area contributed by atoms with Crippen LogP contribution in [0.5, 0.6) is 11.5 Å². The highest BCUT2D eigenvalue weighted by Crippen LogP contribution is 2.37. The first-order chi connectivity index (χ1) is 14.3. The Morgan fingerprint density at radius 2 is 1.45 bits per heavy atom. The van der Waals surface area contributed by atoms with Crippen molar-refractivity contribution in [3.8, 4) is 22.6 Å². The molecule has 0 aliphatic heterocycles. The van der Waals surface area contributed by atoms with Crippen LogP contribution in [0.25, 0.3) is 11.1 Å². The number of rotatable bonds is 9. The van der Waals surface area contributed by atoms with E-state index in [2.05, 4.69) is 37.3 Å². The van der Waals surface area contributed by atoms with Crippen molar-refractivity contribution in [2.45, 2.75) is 40.2 Å². The van der Waals surface area contributed by atoms with Crippen LogP contribution in [0.3, 0.4) is 0 Å². The van der Waals surface area contributed by atoms with Gasteiger partial charge in [0.05, 0.1) is 6.61 Å². The number of alkyl halides is 1. The fourth-order valence-electron chi connectivity index (χ4n) is 2.95. The first kappa shape index (κ1) is 22.8. The molecule has 0 unspecified atom stereocenters. The van der Waals surface area contributed by atoms with E-state index in [-0.39, 0.29) is 0 Å². The van der Waals surface area contributed by atoms with Crippen molar-refractivity contribution in [3.63, 3.8) is 0 Å². The third kappa shape index (κ3) is 6.83. The highest BCUT2D eigenvalue weighted by Gasteiger charge is 2.13. The smallest absolute Gasteiger partial charge is 0.131 e. The maximum atomic E-state index is 6.22. The minimum atomic E-state index is 0.521. The van der Waals surface area contributed by atoms with Gasteiger partial charge in [0.1, 0.15) is 18.1 Å². The Morgan fingerprint density at radius 3 is 2.07 bits per heavy atom. The molecule has 3 aromatic carbocycles. The molecule has 29 heavy (non-hydrogen) atoms. The van der Waals surface area contributed by atoms with Gasteiger partial charge in [0, 0.05) is 17.5 Å². The van der Waals surface area contributed by atoms with Gasteiger partial charge in [-0.2, -0.15) is 0 Å². The quantitative estimate of drug-likeness (QED) is 0.268. The Bertz CT molecular complexity index is 832. The van der Waals surface area contributed by atoms with E-state index in [0.717, 1.165) is 41.0 Å². The van der Waals surface area contributed by atoms with Gasteiger partial charge in [-0.3, -0.25) is 0 Å². The summed E-state index contributed by atoms with van der Waals surface area (Å²) in [5, 5.41) is 0. The standard InChI is InChI=1S/C24H25ClO2.C2H6/c1-2-20-16-22(21-12-7-4-8-13-21)24(17-23(20)26-15-9-14-25)27-18-19-10-5-3-6-11-19;1-2/h3-8,10-13,16-17H,2,9,14-15,18H2,1H3;1-2H3. The molecule has 0 atom stereocenters. The summed E-state index contributed by atoms with van der Waals surface area (Å²) in [6, 6.07) is 24.8. The average molecular weight is 411 g/mol. The lowest BCUT2D eigenvalue weighted by Crippen LogP contribution is -2.03. The Labute approximate surface area is 180 Å². The van der Waals surface area contributed by atoms with E-state index in [9.17, 15) is 0 Å². The summed E-state index contributed by atoms with van der Waals surface area (Å²) in [4.78, 5) is 0. The summed E-state index contributed by atoms with van der Waals surface area (Å²) in [5.41, 5.74) is 4.55. The molecule has 0 heterocycles. The number of ether oxygens (including phenoxy) is 2. The Balaban J connectivity index is 0.00000145. The number of hydrogen-bond acceptors (Lipinski definition) is 2. The molecule has 154 valence electrons. The zero-order valence-corrected chi connectivity index (χ0v) is 18.4. The summed E-state index contributed by atoms with van der Waals surface area (Å²) in [7, 11) is 0. The van der Waals surface area contributed by atoms with E-state index in [1.807, 2.05) is 56.3 Å². The SMILES string of the molecule is CC.CCc1cc(-c2ccccc2)c(OCc2ccccc2)cc1OCCCCl. The van der Waals surface area contributed by atoms with Crippen molar-refractivity contribution in [1.82, 2.24) is 0 Å². The summed E-state index contributed by atoms with van der Waals surface area (Å²) in [5.74, 6) is 2.31. The highest BCUT2D eigenvalue weighted by atomic mass is 35.5. The third-order valence-electron chi connectivity index (χ3n) is 4.40. The van der Waals surface area contributed by atoms with Crippen molar-refractivity contribution in [1.29, 1.82) is 0 Å². The number of aryl methyl sites for hydroxylation is 1. The lowest BCUT2D eigenvalue weighted by atomic mass is 10.00. The second kappa shape index (κ2) is 12.9. The molecule has 0 aliphatic carbocycles. The zero-order chi connectivity index (χ0) is 20.9. The molecule has 3 heteroatoms. The molecule has 0 aromatic heterocycles. The van der Waals surface area contributed by atoms with Crippen molar-refractivity contribution in [2.24, 2.45) is 0 Å². The molecule has 0 saturated heterocycles.